The molecule has 0 bridgehead atoms. The van der Waals surface area contributed by atoms with Crippen LogP contribution in [-0.4, -0.2) is 14.7 Å². The first-order valence-electron chi connectivity index (χ1n) is 6.92. The standard InChI is InChI=1S/C17H12FNO4S/c18-13-3-5-14(6-4-13)19-24(21,22)16-8-1-12(2-9-16)17-10-7-15(11-20)23-17/h1-11,19H. The second-order valence-corrected chi connectivity index (χ2v) is 6.64. The number of carbonyl (C=O) groups excluding carboxylic acids is 1. The molecule has 3 rings (SSSR count). The van der Waals surface area contributed by atoms with Gasteiger partial charge in [0.05, 0.1) is 4.90 Å². The van der Waals surface area contributed by atoms with Crippen LogP contribution in [0.4, 0.5) is 10.1 Å². The maximum absolute atomic E-state index is 12.9. The molecule has 1 N–H and O–H groups in total. The van der Waals surface area contributed by atoms with Crippen LogP contribution in [0.2, 0.25) is 0 Å². The lowest BCUT2D eigenvalue weighted by Gasteiger charge is -2.08. The Kier molecular flexibility index (Phi) is 4.18. The molecule has 0 spiro atoms. The molecule has 1 aromatic heterocycles. The second kappa shape index (κ2) is 6.29. The zero-order valence-electron chi connectivity index (χ0n) is 12.3. The Hall–Kier alpha value is -2.93. The van der Waals surface area contributed by atoms with E-state index in [2.05, 4.69) is 4.72 Å². The smallest absolute Gasteiger partial charge is 0.261 e. The van der Waals surface area contributed by atoms with Gasteiger partial charge in [-0.1, -0.05) is 0 Å². The average Bonchev–Trinajstić information content (AvgIpc) is 3.06. The summed E-state index contributed by atoms with van der Waals surface area (Å²) in [4.78, 5) is 10.7. The molecule has 0 unspecified atom stereocenters. The summed E-state index contributed by atoms with van der Waals surface area (Å²) in [5.41, 5.74) is 0.908. The lowest BCUT2D eigenvalue weighted by Crippen LogP contribution is -2.12. The van der Waals surface area contributed by atoms with E-state index in [1.54, 1.807) is 18.2 Å². The molecule has 0 radical (unpaired) electrons. The number of carbonyl (C=O) groups is 1. The topological polar surface area (TPSA) is 76.4 Å². The lowest BCUT2D eigenvalue weighted by molar-refractivity contribution is 0.110. The number of hydrogen-bond donors (Lipinski definition) is 1. The van der Waals surface area contributed by atoms with Gasteiger partial charge in [0, 0.05) is 11.3 Å². The molecule has 24 heavy (non-hydrogen) atoms. The summed E-state index contributed by atoms with van der Waals surface area (Å²) in [6.45, 7) is 0. The van der Waals surface area contributed by atoms with Crippen LogP contribution in [0.5, 0.6) is 0 Å². The number of anilines is 1. The maximum Gasteiger partial charge on any atom is 0.261 e. The first-order valence-corrected chi connectivity index (χ1v) is 8.40. The minimum Gasteiger partial charge on any atom is -0.453 e. The van der Waals surface area contributed by atoms with E-state index in [-0.39, 0.29) is 16.3 Å². The van der Waals surface area contributed by atoms with E-state index < -0.39 is 15.8 Å². The predicted octanol–water partition coefficient (Wildman–Crippen LogP) is 3.70. The van der Waals surface area contributed by atoms with Crippen LogP contribution in [0.3, 0.4) is 0 Å². The van der Waals surface area contributed by atoms with Gasteiger partial charge >= 0.3 is 0 Å². The highest BCUT2D eigenvalue weighted by Gasteiger charge is 2.15. The van der Waals surface area contributed by atoms with Crippen molar-refractivity contribution in [1.82, 2.24) is 0 Å². The molecule has 0 amide bonds. The third-order valence-corrected chi connectivity index (χ3v) is 4.69. The van der Waals surface area contributed by atoms with E-state index in [0.717, 1.165) is 0 Å². The van der Waals surface area contributed by atoms with E-state index in [1.165, 1.54) is 42.5 Å². The fourth-order valence-electron chi connectivity index (χ4n) is 2.10. The SMILES string of the molecule is O=Cc1ccc(-c2ccc(S(=O)(=O)Nc3ccc(F)cc3)cc2)o1. The Labute approximate surface area is 137 Å². The number of nitrogens with one attached hydrogen (secondary N) is 1. The quantitative estimate of drug-likeness (QED) is 0.715. The van der Waals surface area contributed by atoms with Gasteiger partial charge in [-0.05, 0) is 60.7 Å². The normalized spacial score (nSPS) is 11.2. The largest absolute Gasteiger partial charge is 0.453 e. The van der Waals surface area contributed by atoms with Crippen LogP contribution < -0.4 is 4.72 Å². The van der Waals surface area contributed by atoms with Gasteiger partial charge in [-0.25, -0.2) is 12.8 Å². The van der Waals surface area contributed by atoms with E-state index in [1.807, 2.05) is 0 Å². The van der Waals surface area contributed by atoms with E-state index in [9.17, 15) is 17.6 Å². The molecule has 1 heterocycles. The summed E-state index contributed by atoms with van der Waals surface area (Å²) in [6, 6.07) is 14.2. The molecule has 0 aliphatic carbocycles. The molecule has 5 nitrogen and oxygen atoms in total. The van der Waals surface area contributed by atoms with Crippen molar-refractivity contribution in [2.75, 3.05) is 4.72 Å². The fraction of sp³-hybridized carbons (Fsp3) is 0. The van der Waals surface area contributed by atoms with Crippen LogP contribution in [0, 0.1) is 5.82 Å². The highest BCUT2D eigenvalue weighted by molar-refractivity contribution is 7.92. The molecule has 2 aromatic carbocycles. The van der Waals surface area contributed by atoms with Crippen molar-refractivity contribution < 1.29 is 22.0 Å². The Morgan fingerprint density at radius 3 is 2.17 bits per heavy atom. The van der Waals surface area contributed by atoms with Crippen LogP contribution in [-0.2, 0) is 10.0 Å². The van der Waals surface area contributed by atoms with Crippen LogP contribution in [0.15, 0.2) is 70.0 Å². The minimum atomic E-state index is -3.78. The summed E-state index contributed by atoms with van der Waals surface area (Å²) in [5, 5.41) is 0. The van der Waals surface area contributed by atoms with Crippen molar-refractivity contribution >= 4 is 22.0 Å². The summed E-state index contributed by atoms with van der Waals surface area (Å²) >= 11 is 0. The maximum atomic E-state index is 12.9. The zero-order chi connectivity index (χ0) is 17.2. The van der Waals surface area contributed by atoms with Gasteiger partial charge in [0.15, 0.2) is 12.0 Å². The highest BCUT2D eigenvalue weighted by Crippen LogP contribution is 2.24. The van der Waals surface area contributed by atoms with Crippen LogP contribution in [0.25, 0.3) is 11.3 Å². The molecule has 0 saturated carbocycles. The Bertz CT molecular complexity index is 961. The fourth-order valence-corrected chi connectivity index (χ4v) is 3.16. The number of rotatable bonds is 5. The number of aldehydes is 1. The first-order chi connectivity index (χ1) is 11.5. The van der Waals surface area contributed by atoms with Crippen molar-refractivity contribution in [3.8, 4) is 11.3 Å². The van der Waals surface area contributed by atoms with Gasteiger partial charge in [0.1, 0.15) is 11.6 Å². The number of sulfonamides is 1. The van der Waals surface area contributed by atoms with Gasteiger partial charge in [0.25, 0.3) is 10.0 Å². The van der Waals surface area contributed by atoms with Crippen LogP contribution in [0.1, 0.15) is 10.6 Å². The molecule has 0 aliphatic heterocycles. The molecule has 3 aromatic rings. The molecule has 0 aliphatic rings. The van der Waals surface area contributed by atoms with E-state index in [4.69, 9.17) is 4.42 Å². The highest BCUT2D eigenvalue weighted by atomic mass is 32.2. The third-order valence-electron chi connectivity index (χ3n) is 3.29. The van der Waals surface area contributed by atoms with Crippen molar-refractivity contribution in [2.24, 2.45) is 0 Å². The van der Waals surface area contributed by atoms with Crippen molar-refractivity contribution in [3.63, 3.8) is 0 Å². The van der Waals surface area contributed by atoms with Crippen molar-refractivity contribution in [3.05, 3.63) is 72.2 Å². The summed E-state index contributed by atoms with van der Waals surface area (Å²) in [5.74, 6) is 0.211. The molecular weight excluding hydrogens is 333 g/mol. The first kappa shape index (κ1) is 15.9. The lowest BCUT2D eigenvalue weighted by atomic mass is 10.2. The molecule has 122 valence electrons. The number of hydrogen-bond acceptors (Lipinski definition) is 4. The van der Waals surface area contributed by atoms with Gasteiger partial charge in [0.2, 0.25) is 0 Å². The number of halogens is 1. The number of benzene rings is 2. The average molecular weight is 345 g/mol. The monoisotopic (exact) mass is 345 g/mol. The molecule has 0 atom stereocenters. The van der Waals surface area contributed by atoms with Crippen LogP contribution >= 0.6 is 0 Å². The van der Waals surface area contributed by atoms with Crippen molar-refractivity contribution in [1.29, 1.82) is 0 Å². The molecule has 0 saturated heterocycles. The van der Waals surface area contributed by atoms with Gasteiger partial charge < -0.3 is 4.42 Å². The van der Waals surface area contributed by atoms with E-state index in [0.29, 0.717) is 17.6 Å². The van der Waals surface area contributed by atoms with Crippen molar-refractivity contribution in [2.45, 2.75) is 4.90 Å². The number of furan rings is 1. The van der Waals surface area contributed by atoms with E-state index >= 15 is 0 Å². The Balaban J connectivity index is 1.83. The second-order valence-electron chi connectivity index (χ2n) is 4.96. The van der Waals surface area contributed by atoms with Gasteiger partial charge in [-0.2, -0.15) is 0 Å². The van der Waals surface area contributed by atoms with Gasteiger partial charge in [-0.15, -0.1) is 0 Å². The molecule has 7 heteroatoms. The molecule has 0 fully saturated rings. The predicted molar refractivity (Wildman–Crippen MR) is 86.7 cm³/mol. The third kappa shape index (κ3) is 3.36. The summed E-state index contributed by atoms with van der Waals surface area (Å²) in [6.07, 6.45) is 0.592. The van der Waals surface area contributed by atoms with Gasteiger partial charge in [-0.3, -0.25) is 9.52 Å². The Morgan fingerprint density at radius 1 is 0.917 bits per heavy atom. The summed E-state index contributed by atoms with van der Waals surface area (Å²) < 4.78 is 45.1. The molecular formula is C17H12FNO4S. The zero-order valence-corrected chi connectivity index (χ0v) is 13.1. The Morgan fingerprint density at radius 2 is 1.58 bits per heavy atom. The minimum absolute atomic E-state index is 0.0535. The summed E-state index contributed by atoms with van der Waals surface area (Å²) in [7, 11) is -3.78.